The van der Waals surface area contributed by atoms with E-state index < -0.39 is 5.54 Å². The molecular formula is C15H18N4O3. The first-order valence-electron chi connectivity index (χ1n) is 7.31. The van der Waals surface area contributed by atoms with Crippen molar-refractivity contribution >= 4 is 12.0 Å². The number of cyclic esters (lactones) is 1. The van der Waals surface area contributed by atoms with Crippen LogP contribution in [0.5, 0.6) is 0 Å². The predicted octanol–water partition coefficient (Wildman–Crippen LogP) is 0.954. The van der Waals surface area contributed by atoms with Crippen LogP contribution >= 0.6 is 0 Å². The van der Waals surface area contributed by atoms with Gasteiger partial charge in [-0.05, 0) is 12.5 Å². The minimum absolute atomic E-state index is 0.115. The Balaban J connectivity index is 1.84. The molecule has 3 heterocycles. The molecule has 1 unspecified atom stereocenters. The third-order valence-corrected chi connectivity index (χ3v) is 4.63. The van der Waals surface area contributed by atoms with Crippen LogP contribution in [-0.4, -0.2) is 58.1 Å². The molecule has 116 valence electrons. The molecular weight excluding hydrogens is 284 g/mol. The first-order chi connectivity index (χ1) is 10.5. The van der Waals surface area contributed by atoms with Gasteiger partial charge in [0.15, 0.2) is 0 Å². The largest absolute Gasteiger partial charge is 0.447 e. The zero-order valence-electron chi connectivity index (χ0n) is 12.7. The van der Waals surface area contributed by atoms with Crippen LogP contribution in [0.4, 0.5) is 4.79 Å². The Morgan fingerprint density at radius 3 is 2.91 bits per heavy atom. The first kappa shape index (κ1) is 14.4. The van der Waals surface area contributed by atoms with Crippen LogP contribution in [0.2, 0.25) is 0 Å². The molecule has 1 atom stereocenters. The Bertz CT molecular complexity index is 675. The molecule has 7 nitrogen and oxygen atoms in total. The molecule has 2 aliphatic heterocycles. The number of nitriles is 1. The second kappa shape index (κ2) is 5.05. The summed E-state index contributed by atoms with van der Waals surface area (Å²) in [6, 6.07) is 3.64. The van der Waals surface area contributed by atoms with Gasteiger partial charge in [-0.2, -0.15) is 5.26 Å². The maximum Gasteiger partial charge on any atom is 0.410 e. The van der Waals surface area contributed by atoms with Crippen molar-refractivity contribution in [3.63, 3.8) is 0 Å². The summed E-state index contributed by atoms with van der Waals surface area (Å²) in [6.07, 6.45) is 2.08. The van der Waals surface area contributed by atoms with E-state index >= 15 is 0 Å². The molecule has 2 saturated heterocycles. The molecule has 2 aliphatic rings. The molecule has 0 spiro atoms. The molecule has 22 heavy (non-hydrogen) atoms. The maximum absolute atomic E-state index is 12.7. The second-order valence-electron chi connectivity index (χ2n) is 5.85. The fourth-order valence-electron chi connectivity index (χ4n) is 3.24. The number of fused-ring (bicyclic) bond motifs is 1. The number of carbonyl (C=O) groups is 2. The molecule has 0 aromatic carbocycles. The van der Waals surface area contributed by atoms with E-state index in [4.69, 9.17) is 10.00 Å². The summed E-state index contributed by atoms with van der Waals surface area (Å²) in [5.74, 6) is -0.115. The molecule has 1 aromatic heterocycles. The van der Waals surface area contributed by atoms with E-state index in [1.165, 1.54) is 0 Å². The lowest BCUT2D eigenvalue weighted by atomic mass is 9.92. The number of amides is 2. The molecule has 7 heteroatoms. The quantitative estimate of drug-likeness (QED) is 0.815. The highest BCUT2D eigenvalue weighted by molar-refractivity contribution is 5.93. The number of carbonyl (C=O) groups excluding carboxylic acids is 2. The Labute approximate surface area is 128 Å². The van der Waals surface area contributed by atoms with Gasteiger partial charge in [0.2, 0.25) is 0 Å². The van der Waals surface area contributed by atoms with Crippen molar-refractivity contribution in [3.05, 3.63) is 23.5 Å². The molecule has 3 rings (SSSR count). The smallest absolute Gasteiger partial charge is 0.410 e. The average Bonchev–Trinajstić information content (AvgIpc) is 3.07. The Morgan fingerprint density at radius 2 is 2.27 bits per heavy atom. The van der Waals surface area contributed by atoms with E-state index in [1.807, 2.05) is 13.0 Å². The third kappa shape index (κ3) is 2.03. The van der Waals surface area contributed by atoms with Crippen LogP contribution in [-0.2, 0) is 11.8 Å². The Kier molecular flexibility index (Phi) is 3.32. The molecule has 0 N–H and O–H groups in total. The minimum atomic E-state index is -0.422. The number of piperazine rings is 1. The highest BCUT2D eigenvalue weighted by Crippen LogP contribution is 2.32. The van der Waals surface area contributed by atoms with Crippen LogP contribution < -0.4 is 0 Å². The fraction of sp³-hybridized carbons (Fsp3) is 0.533. The van der Waals surface area contributed by atoms with Gasteiger partial charge in [0, 0.05) is 32.9 Å². The van der Waals surface area contributed by atoms with E-state index in [-0.39, 0.29) is 12.0 Å². The van der Waals surface area contributed by atoms with Crippen molar-refractivity contribution in [1.29, 1.82) is 5.26 Å². The fourth-order valence-corrected chi connectivity index (χ4v) is 3.24. The maximum atomic E-state index is 12.7. The van der Waals surface area contributed by atoms with Gasteiger partial charge >= 0.3 is 6.09 Å². The topological polar surface area (TPSA) is 78.6 Å². The zero-order chi connectivity index (χ0) is 15.9. The van der Waals surface area contributed by atoms with Crippen LogP contribution in [0, 0.1) is 11.3 Å². The van der Waals surface area contributed by atoms with Crippen molar-refractivity contribution in [2.45, 2.75) is 18.9 Å². The molecule has 2 fully saturated rings. The summed E-state index contributed by atoms with van der Waals surface area (Å²) in [6.45, 7) is 3.74. The average molecular weight is 302 g/mol. The van der Waals surface area contributed by atoms with Crippen molar-refractivity contribution in [3.8, 4) is 6.07 Å². The number of ether oxygens (including phenoxy) is 1. The summed E-state index contributed by atoms with van der Waals surface area (Å²) < 4.78 is 6.84. The number of hydrogen-bond donors (Lipinski definition) is 0. The van der Waals surface area contributed by atoms with Gasteiger partial charge in [-0.3, -0.25) is 9.69 Å². The number of rotatable bonds is 2. The van der Waals surface area contributed by atoms with Crippen molar-refractivity contribution in [1.82, 2.24) is 14.4 Å². The summed E-state index contributed by atoms with van der Waals surface area (Å²) in [5, 5.41) is 8.95. The van der Waals surface area contributed by atoms with Crippen LogP contribution in [0.15, 0.2) is 12.3 Å². The molecule has 0 saturated carbocycles. The van der Waals surface area contributed by atoms with Gasteiger partial charge in [-0.15, -0.1) is 0 Å². The van der Waals surface area contributed by atoms with Gasteiger partial charge in [0.1, 0.15) is 18.4 Å². The molecule has 0 aliphatic carbocycles. The lowest BCUT2D eigenvalue weighted by Gasteiger charge is -2.44. The molecule has 1 aromatic rings. The number of hydrogen-bond acceptors (Lipinski definition) is 4. The molecule has 0 radical (unpaired) electrons. The third-order valence-electron chi connectivity index (χ3n) is 4.63. The number of aromatic nitrogens is 1. The summed E-state index contributed by atoms with van der Waals surface area (Å²) in [7, 11) is 1.75. The second-order valence-corrected chi connectivity index (χ2v) is 5.85. The van der Waals surface area contributed by atoms with Gasteiger partial charge in [0.25, 0.3) is 5.91 Å². The number of nitrogens with zero attached hydrogens (tertiary/aromatic N) is 4. The highest BCUT2D eigenvalue weighted by atomic mass is 16.6. The molecule has 0 bridgehead atoms. The lowest BCUT2D eigenvalue weighted by molar-refractivity contribution is 0.0354. The molecule has 2 amide bonds. The zero-order valence-corrected chi connectivity index (χ0v) is 12.7. The van der Waals surface area contributed by atoms with Crippen molar-refractivity contribution < 1.29 is 14.3 Å². The predicted molar refractivity (Wildman–Crippen MR) is 77.1 cm³/mol. The van der Waals surface area contributed by atoms with Crippen LogP contribution in [0.1, 0.15) is 29.4 Å². The SMILES string of the molecule is CCC12COC(=O)N1CCN(C(=O)c1cc(C#N)cn1C)C2. The number of aryl methyl sites for hydroxylation is 1. The van der Waals surface area contributed by atoms with E-state index in [9.17, 15) is 9.59 Å². The lowest BCUT2D eigenvalue weighted by Crippen LogP contribution is -2.62. The van der Waals surface area contributed by atoms with Crippen molar-refractivity contribution in [2.75, 3.05) is 26.2 Å². The summed E-state index contributed by atoms with van der Waals surface area (Å²) in [4.78, 5) is 28.0. The van der Waals surface area contributed by atoms with Gasteiger partial charge in [-0.1, -0.05) is 6.92 Å². The summed E-state index contributed by atoms with van der Waals surface area (Å²) >= 11 is 0. The van der Waals surface area contributed by atoms with Gasteiger partial charge < -0.3 is 14.2 Å². The minimum Gasteiger partial charge on any atom is -0.447 e. The standard InChI is InChI=1S/C15H18N4O3/c1-3-15-9-18(4-5-19(15)14(21)22-10-15)13(20)12-6-11(7-16)8-17(12)2/h6,8H,3-5,9-10H2,1-2H3. The first-order valence-corrected chi connectivity index (χ1v) is 7.31. The normalized spacial score (nSPS) is 24.0. The van der Waals surface area contributed by atoms with E-state index in [0.29, 0.717) is 37.5 Å². The van der Waals surface area contributed by atoms with E-state index in [2.05, 4.69) is 0 Å². The highest BCUT2D eigenvalue weighted by Gasteiger charge is 2.50. The van der Waals surface area contributed by atoms with Crippen LogP contribution in [0.25, 0.3) is 0 Å². The van der Waals surface area contributed by atoms with E-state index in [0.717, 1.165) is 6.42 Å². The van der Waals surface area contributed by atoms with E-state index in [1.54, 1.807) is 33.7 Å². The van der Waals surface area contributed by atoms with Gasteiger partial charge in [0.05, 0.1) is 11.1 Å². The van der Waals surface area contributed by atoms with Gasteiger partial charge in [-0.25, -0.2) is 4.79 Å². The Morgan fingerprint density at radius 1 is 1.50 bits per heavy atom. The Hall–Kier alpha value is -2.49. The monoisotopic (exact) mass is 302 g/mol. The van der Waals surface area contributed by atoms with Crippen molar-refractivity contribution in [2.24, 2.45) is 7.05 Å². The van der Waals surface area contributed by atoms with Crippen LogP contribution in [0.3, 0.4) is 0 Å². The summed E-state index contributed by atoms with van der Waals surface area (Å²) in [5.41, 5.74) is 0.532.